The molecule has 1 N–H and O–H groups in total. The molecule has 0 radical (unpaired) electrons. The van der Waals surface area contributed by atoms with Gasteiger partial charge in [0.1, 0.15) is 0 Å². The van der Waals surface area contributed by atoms with Crippen molar-refractivity contribution < 1.29 is 9.47 Å². The van der Waals surface area contributed by atoms with Crippen LogP contribution in [0.5, 0.6) is 0 Å². The van der Waals surface area contributed by atoms with Crippen LogP contribution in [0.1, 0.15) is 34.1 Å². The van der Waals surface area contributed by atoms with Crippen LogP contribution in [-0.2, 0) is 9.47 Å². The van der Waals surface area contributed by atoms with Crippen LogP contribution >= 0.6 is 0 Å². The van der Waals surface area contributed by atoms with Gasteiger partial charge in [-0.2, -0.15) is 0 Å². The predicted octanol–water partition coefficient (Wildman–Crippen LogP) is 2.02. The zero-order valence-electron chi connectivity index (χ0n) is 10.5. The Bertz CT molecular complexity index is 176. The van der Waals surface area contributed by atoms with Crippen molar-refractivity contribution in [1.82, 2.24) is 5.32 Å². The Hall–Kier alpha value is -0.120. The minimum Gasteiger partial charge on any atom is -0.352 e. The molecule has 0 bridgehead atoms. The van der Waals surface area contributed by atoms with Gasteiger partial charge in [0.15, 0.2) is 6.29 Å². The summed E-state index contributed by atoms with van der Waals surface area (Å²) in [7, 11) is 0. The van der Waals surface area contributed by atoms with Crippen molar-refractivity contribution in [3.05, 3.63) is 0 Å². The van der Waals surface area contributed by atoms with Crippen LogP contribution in [0.3, 0.4) is 0 Å². The molecule has 90 valence electrons. The number of hydrogen-bond donors (Lipinski definition) is 1. The number of rotatable bonds is 8. The summed E-state index contributed by atoms with van der Waals surface area (Å²) in [6, 6.07) is 0. The van der Waals surface area contributed by atoms with E-state index in [2.05, 4.69) is 19.2 Å². The van der Waals surface area contributed by atoms with E-state index in [9.17, 15) is 0 Å². The Kier molecular flexibility index (Phi) is 5.03. The summed E-state index contributed by atoms with van der Waals surface area (Å²) in [6.45, 7) is 11.9. The molecule has 0 aromatic rings. The van der Waals surface area contributed by atoms with Crippen LogP contribution in [0.25, 0.3) is 0 Å². The van der Waals surface area contributed by atoms with Crippen molar-refractivity contribution in [2.75, 3.05) is 26.3 Å². The predicted molar refractivity (Wildman–Crippen MR) is 61.8 cm³/mol. The third-order valence-electron chi connectivity index (χ3n) is 3.12. The van der Waals surface area contributed by atoms with E-state index in [1.165, 1.54) is 6.42 Å². The van der Waals surface area contributed by atoms with Crippen LogP contribution in [0, 0.1) is 11.3 Å². The van der Waals surface area contributed by atoms with E-state index in [-0.39, 0.29) is 6.29 Å². The number of nitrogens with one attached hydrogen (secondary N) is 1. The molecular formula is C12H25NO2. The Balaban J connectivity index is 2.06. The maximum Gasteiger partial charge on any atom is 0.169 e. The van der Waals surface area contributed by atoms with Gasteiger partial charge >= 0.3 is 0 Å². The van der Waals surface area contributed by atoms with Gasteiger partial charge in [-0.05, 0) is 38.1 Å². The molecule has 1 aliphatic rings. The third-order valence-corrected chi connectivity index (χ3v) is 3.12. The van der Waals surface area contributed by atoms with E-state index in [0.29, 0.717) is 18.6 Å². The van der Waals surface area contributed by atoms with E-state index in [4.69, 9.17) is 9.47 Å². The van der Waals surface area contributed by atoms with E-state index in [1.54, 1.807) is 0 Å². The summed E-state index contributed by atoms with van der Waals surface area (Å²) in [5.41, 5.74) is 0.555. The fourth-order valence-corrected chi connectivity index (χ4v) is 1.84. The molecule has 0 aliphatic heterocycles. The average Bonchev–Trinajstić information content (AvgIpc) is 2.75. The van der Waals surface area contributed by atoms with Crippen LogP contribution in [0.15, 0.2) is 0 Å². The van der Waals surface area contributed by atoms with Gasteiger partial charge in [-0.25, -0.2) is 0 Å². The van der Waals surface area contributed by atoms with Gasteiger partial charge in [-0.3, -0.25) is 0 Å². The molecule has 0 heterocycles. The Morgan fingerprint density at radius 2 is 1.80 bits per heavy atom. The summed E-state index contributed by atoms with van der Waals surface area (Å²) in [5, 5.41) is 3.42. The van der Waals surface area contributed by atoms with E-state index in [0.717, 1.165) is 19.0 Å². The lowest BCUT2D eigenvalue weighted by atomic mass is 10.1. The highest BCUT2D eigenvalue weighted by molar-refractivity contribution is 4.96. The largest absolute Gasteiger partial charge is 0.352 e. The second-order valence-electron chi connectivity index (χ2n) is 4.89. The normalized spacial score (nSPS) is 23.4. The zero-order chi connectivity index (χ0) is 11.3. The molecule has 0 aromatic heterocycles. The molecule has 0 amide bonds. The van der Waals surface area contributed by atoms with Crippen LogP contribution < -0.4 is 5.32 Å². The molecule has 1 unspecified atom stereocenters. The van der Waals surface area contributed by atoms with Crippen molar-refractivity contribution >= 4 is 0 Å². The smallest absolute Gasteiger partial charge is 0.169 e. The Labute approximate surface area is 93.5 Å². The first-order chi connectivity index (χ1) is 7.10. The maximum absolute atomic E-state index is 5.45. The maximum atomic E-state index is 5.45. The molecule has 0 saturated heterocycles. The molecule has 1 rings (SSSR count). The summed E-state index contributed by atoms with van der Waals surface area (Å²) in [5.74, 6) is 0.835. The van der Waals surface area contributed by atoms with Crippen LogP contribution in [0.4, 0.5) is 0 Å². The molecule has 0 spiro atoms. The van der Waals surface area contributed by atoms with Crippen molar-refractivity contribution in [3.63, 3.8) is 0 Å². The van der Waals surface area contributed by atoms with Gasteiger partial charge in [0.2, 0.25) is 0 Å². The number of hydrogen-bond acceptors (Lipinski definition) is 3. The number of ether oxygens (including phenoxy) is 2. The quantitative estimate of drug-likeness (QED) is 0.628. The summed E-state index contributed by atoms with van der Waals surface area (Å²) < 4.78 is 10.9. The summed E-state index contributed by atoms with van der Waals surface area (Å²) >= 11 is 0. The molecule has 1 saturated carbocycles. The minimum absolute atomic E-state index is 0.0816. The molecule has 1 fully saturated rings. The topological polar surface area (TPSA) is 30.5 Å². The summed E-state index contributed by atoms with van der Waals surface area (Å²) in [4.78, 5) is 0. The van der Waals surface area contributed by atoms with Gasteiger partial charge in [0.25, 0.3) is 0 Å². The molecule has 1 atom stereocenters. The second kappa shape index (κ2) is 5.83. The molecule has 3 nitrogen and oxygen atoms in total. The fraction of sp³-hybridized carbons (Fsp3) is 1.00. The van der Waals surface area contributed by atoms with Gasteiger partial charge in [0.05, 0.1) is 0 Å². The van der Waals surface area contributed by atoms with E-state index < -0.39 is 0 Å². The molecule has 15 heavy (non-hydrogen) atoms. The summed E-state index contributed by atoms with van der Waals surface area (Å²) in [6.07, 6.45) is 1.26. The van der Waals surface area contributed by atoms with Crippen molar-refractivity contribution in [2.24, 2.45) is 11.3 Å². The van der Waals surface area contributed by atoms with Gasteiger partial charge in [-0.15, -0.1) is 0 Å². The molecule has 0 aromatic carbocycles. The fourth-order valence-electron chi connectivity index (χ4n) is 1.84. The monoisotopic (exact) mass is 215 g/mol. The highest BCUT2D eigenvalue weighted by Crippen LogP contribution is 2.50. The van der Waals surface area contributed by atoms with Gasteiger partial charge in [-0.1, -0.05) is 13.8 Å². The van der Waals surface area contributed by atoms with E-state index >= 15 is 0 Å². The SMILES string of the molecule is CCOC(CNCC1CC1(C)C)OCC. The highest BCUT2D eigenvalue weighted by atomic mass is 16.7. The van der Waals surface area contributed by atoms with Crippen molar-refractivity contribution in [1.29, 1.82) is 0 Å². The lowest BCUT2D eigenvalue weighted by Crippen LogP contribution is -2.33. The molecule has 3 heteroatoms. The Morgan fingerprint density at radius 3 is 2.20 bits per heavy atom. The first kappa shape index (κ1) is 12.9. The average molecular weight is 215 g/mol. The van der Waals surface area contributed by atoms with Crippen LogP contribution in [0.2, 0.25) is 0 Å². The van der Waals surface area contributed by atoms with Gasteiger partial charge in [0, 0.05) is 19.8 Å². The lowest BCUT2D eigenvalue weighted by Gasteiger charge is -2.17. The van der Waals surface area contributed by atoms with Gasteiger partial charge < -0.3 is 14.8 Å². The standard InChI is InChI=1S/C12H25NO2/c1-5-14-11(15-6-2)9-13-8-10-7-12(10,3)4/h10-11,13H,5-9H2,1-4H3. The molecular weight excluding hydrogens is 190 g/mol. The molecule has 1 aliphatic carbocycles. The highest BCUT2D eigenvalue weighted by Gasteiger charge is 2.44. The van der Waals surface area contributed by atoms with E-state index in [1.807, 2.05) is 13.8 Å². The lowest BCUT2D eigenvalue weighted by molar-refractivity contribution is -0.132. The first-order valence-corrected chi connectivity index (χ1v) is 6.04. The van der Waals surface area contributed by atoms with Crippen molar-refractivity contribution in [2.45, 2.75) is 40.4 Å². The third kappa shape index (κ3) is 4.49. The Morgan fingerprint density at radius 1 is 1.27 bits per heavy atom. The zero-order valence-corrected chi connectivity index (χ0v) is 10.5. The second-order valence-corrected chi connectivity index (χ2v) is 4.89. The van der Waals surface area contributed by atoms with Crippen LogP contribution in [-0.4, -0.2) is 32.6 Å². The van der Waals surface area contributed by atoms with Crippen molar-refractivity contribution in [3.8, 4) is 0 Å². The first-order valence-electron chi connectivity index (χ1n) is 6.04. The minimum atomic E-state index is -0.0816.